The lowest BCUT2D eigenvalue weighted by molar-refractivity contribution is 0.0720. The van der Waals surface area contributed by atoms with E-state index in [9.17, 15) is 18.0 Å². The molecule has 1 N–H and O–H groups in total. The first-order valence-electron chi connectivity index (χ1n) is 11.2. The lowest BCUT2D eigenvalue weighted by Crippen LogP contribution is -2.35. The van der Waals surface area contributed by atoms with Gasteiger partial charge in [-0.15, -0.1) is 0 Å². The predicted molar refractivity (Wildman–Crippen MR) is 135 cm³/mol. The van der Waals surface area contributed by atoms with E-state index in [0.717, 1.165) is 19.3 Å². The molecule has 3 aromatic carbocycles. The standard InChI is InChI=1S/C26H25ClN2O5S/c1-34-24-13-11-20(17-22(24)26(31)29-14-6-3-7-15-29)35(32,33)28-23-12-10-19(27)16-21(23)25(30)18-8-4-2-5-9-18/h2,4-5,8-13,16-17,28H,3,6-7,14-15H2,1H3. The fourth-order valence-electron chi connectivity index (χ4n) is 4.03. The van der Waals surface area contributed by atoms with Crippen molar-refractivity contribution in [3.05, 3.63) is 88.4 Å². The number of carbonyl (C=O) groups is 2. The second kappa shape index (κ2) is 10.5. The monoisotopic (exact) mass is 512 g/mol. The summed E-state index contributed by atoms with van der Waals surface area (Å²) in [5.74, 6) is -0.350. The molecule has 1 aliphatic rings. The van der Waals surface area contributed by atoms with Crippen molar-refractivity contribution in [2.24, 2.45) is 0 Å². The fraction of sp³-hybridized carbons (Fsp3) is 0.231. The van der Waals surface area contributed by atoms with E-state index in [4.69, 9.17) is 16.3 Å². The Hall–Kier alpha value is -3.36. The Labute approximate surface area is 209 Å². The minimum Gasteiger partial charge on any atom is -0.496 e. The molecule has 0 saturated carbocycles. The van der Waals surface area contributed by atoms with E-state index in [-0.39, 0.29) is 33.4 Å². The van der Waals surface area contributed by atoms with Gasteiger partial charge in [-0.25, -0.2) is 8.42 Å². The van der Waals surface area contributed by atoms with E-state index in [1.807, 2.05) is 0 Å². The third-order valence-electron chi connectivity index (χ3n) is 5.86. The highest BCUT2D eigenvalue weighted by Gasteiger charge is 2.26. The van der Waals surface area contributed by atoms with E-state index in [1.165, 1.54) is 43.5 Å². The molecular formula is C26H25ClN2O5S. The molecule has 0 unspecified atom stereocenters. The van der Waals surface area contributed by atoms with Crippen LogP contribution in [0, 0.1) is 0 Å². The summed E-state index contributed by atoms with van der Waals surface area (Å²) in [6.07, 6.45) is 2.87. The number of ketones is 1. The largest absolute Gasteiger partial charge is 0.496 e. The second-order valence-corrected chi connectivity index (χ2v) is 10.3. The van der Waals surface area contributed by atoms with Gasteiger partial charge in [0.15, 0.2) is 5.78 Å². The Morgan fingerprint density at radius 1 is 0.914 bits per heavy atom. The van der Waals surface area contributed by atoms with Crippen molar-refractivity contribution in [1.29, 1.82) is 0 Å². The molecule has 0 radical (unpaired) electrons. The van der Waals surface area contributed by atoms with Crippen LogP contribution in [-0.2, 0) is 10.0 Å². The van der Waals surface area contributed by atoms with Crippen LogP contribution in [0.25, 0.3) is 0 Å². The number of carbonyl (C=O) groups excluding carboxylic acids is 2. The van der Waals surface area contributed by atoms with Gasteiger partial charge < -0.3 is 9.64 Å². The van der Waals surface area contributed by atoms with Crippen LogP contribution in [0.15, 0.2) is 71.6 Å². The first-order valence-corrected chi connectivity index (χ1v) is 13.1. The maximum atomic E-state index is 13.3. The van der Waals surface area contributed by atoms with Crippen molar-refractivity contribution in [3.8, 4) is 5.75 Å². The van der Waals surface area contributed by atoms with Gasteiger partial charge in [0, 0.05) is 29.2 Å². The van der Waals surface area contributed by atoms with Crippen molar-refractivity contribution >= 4 is 39.0 Å². The third kappa shape index (κ3) is 5.49. The molecule has 0 spiro atoms. The Morgan fingerprint density at radius 2 is 1.63 bits per heavy atom. The normalized spacial score (nSPS) is 13.8. The van der Waals surface area contributed by atoms with Crippen LogP contribution in [0.2, 0.25) is 5.02 Å². The number of rotatable bonds is 7. The van der Waals surface area contributed by atoms with Gasteiger partial charge in [-0.1, -0.05) is 41.9 Å². The maximum absolute atomic E-state index is 13.3. The number of anilines is 1. The van der Waals surface area contributed by atoms with Crippen LogP contribution in [0.5, 0.6) is 5.75 Å². The Kier molecular flexibility index (Phi) is 7.42. The number of amides is 1. The number of methoxy groups -OCH3 is 1. The molecular weight excluding hydrogens is 488 g/mol. The molecule has 7 nitrogen and oxygen atoms in total. The minimum atomic E-state index is -4.15. The van der Waals surface area contributed by atoms with E-state index >= 15 is 0 Å². The molecule has 0 aromatic heterocycles. The second-order valence-electron chi connectivity index (χ2n) is 8.21. The van der Waals surface area contributed by atoms with Gasteiger partial charge in [0.25, 0.3) is 15.9 Å². The highest BCUT2D eigenvalue weighted by molar-refractivity contribution is 7.92. The smallest absolute Gasteiger partial charge is 0.261 e. The van der Waals surface area contributed by atoms with Crippen LogP contribution in [0.4, 0.5) is 5.69 Å². The summed E-state index contributed by atoms with van der Waals surface area (Å²) < 4.78 is 34.5. The van der Waals surface area contributed by atoms with Gasteiger partial charge in [-0.05, 0) is 55.7 Å². The zero-order valence-corrected chi connectivity index (χ0v) is 20.7. The average molecular weight is 513 g/mol. The predicted octanol–water partition coefficient (Wildman–Crippen LogP) is 5.01. The Balaban J connectivity index is 1.68. The number of hydrogen-bond acceptors (Lipinski definition) is 5. The molecule has 0 aliphatic carbocycles. The highest BCUT2D eigenvalue weighted by Crippen LogP contribution is 2.29. The molecule has 3 aromatic rings. The molecule has 4 rings (SSSR count). The van der Waals surface area contributed by atoms with Crippen LogP contribution in [-0.4, -0.2) is 45.2 Å². The molecule has 9 heteroatoms. The topological polar surface area (TPSA) is 92.8 Å². The van der Waals surface area contributed by atoms with Crippen molar-refractivity contribution in [2.75, 3.05) is 24.9 Å². The summed E-state index contributed by atoms with van der Waals surface area (Å²) in [6.45, 7) is 1.24. The number of nitrogens with one attached hydrogen (secondary N) is 1. The number of ether oxygens (including phenoxy) is 1. The summed E-state index contributed by atoms with van der Waals surface area (Å²) in [7, 11) is -2.71. The molecule has 1 aliphatic heterocycles. The highest BCUT2D eigenvalue weighted by atomic mass is 35.5. The Bertz CT molecular complexity index is 1350. The van der Waals surface area contributed by atoms with Crippen LogP contribution < -0.4 is 9.46 Å². The van der Waals surface area contributed by atoms with Gasteiger partial charge in [-0.3, -0.25) is 14.3 Å². The zero-order valence-electron chi connectivity index (χ0n) is 19.2. The summed E-state index contributed by atoms with van der Waals surface area (Å²) in [5, 5.41) is 0.297. The molecule has 1 fully saturated rings. The van der Waals surface area contributed by atoms with Crippen molar-refractivity contribution < 1.29 is 22.7 Å². The number of piperidine rings is 1. The van der Waals surface area contributed by atoms with Gasteiger partial charge in [0.2, 0.25) is 0 Å². The first kappa shape index (κ1) is 24.8. The number of sulfonamides is 1. The van der Waals surface area contributed by atoms with E-state index < -0.39 is 10.0 Å². The SMILES string of the molecule is COc1ccc(S(=O)(=O)Nc2ccc(Cl)cc2C(=O)c2ccccc2)cc1C(=O)N1CCCCC1. The lowest BCUT2D eigenvalue weighted by Gasteiger charge is -2.27. The first-order chi connectivity index (χ1) is 16.8. The van der Waals surface area contributed by atoms with E-state index in [0.29, 0.717) is 29.4 Å². The number of halogens is 1. The zero-order chi connectivity index (χ0) is 25.0. The third-order valence-corrected chi connectivity index (χ3v) is 7.46. The molecule has 1 heterocycles. The Morgan fingerprint density at radius 3 is 2.31 bits per heavy atom. The molecule has 0 atom stereocenters. The van der Waals surface area contributed by atoms with E-state index in [2.05, 4.69) is 4.72 Å². The molecule has 182 valence electrons. The van der Waals surface area contributed by atoms with Crippen molar-refractivity contribution in [2.45, 2.75) is 24.2 Å². The molecule has 1 saturated heterocycles. The van der Waals surface area contributed by atoms with Crippen LogP contribution in [0.3, 0.4) is 0 Å². The number of nitrogens with zero attached hydrogens (tertiary/aromatic N) is 1. The molecule has 0 bridgehead atoms. The average Bonchev–Trinajstić information content (AvgIpc) is 2.89. The van der Waals surface area contributed by atoms with Crippen molar-refractivity contribution in [1.82, 2.24) is 4.90 Å². The van der Waals surface area contributed by atoms with E-state index in [1.54, 1.807) is 35.2 Å². The lowest BCUT2D eigenvalue weighted by atomic mass is 10.0. The molecule has 35 heavy (non-hydrogen) atoms. The van der Waals surface area contributed by atoms with Gasteiger partial charge >= 0.3 is 0 Å². The van der Waals surface area contributed by atoms with Gasteiger partial charge in [0.05, 0.1) is 23.3 Å². The van der Waals surface area contributed by atoms with Gasteiger partial charge in [0.1, 0.15) is 5.75 Å². The van der Waals surface area contributed by atoms with Gasteiger partial charge in [-0.2, -0.15) is 0 Å². The van der Waals surface area contributed by atoms with Crippen LogP contribution >= 0.6 is 11.6 Å². The van der Waals surface area contributed by atoms with Crippen LogP contribution in [0.1, 0.15) is 45.5 Å². The minimum absolute atomic E-state index is 0.0861. The van der Waals surface area contributed by atoms with Crippen molar-refractivity contribution in [3.63, 3.8) is 0 Å². The fourth-order valence-corrected chi connectivity index (χ4v) is 5.31. The maximum Gasteiger partial charge on any atom is 0.261 e. The molecule has 1 amide bonds. The summed E-state index contributed by atoms with van der Waals surface area (Å²) in [5.41, 5.74) is 0.774. The summed E-state index contributed by atoms with van der Waals surface area (Å²) in [6, 6.07) is 17.0. The quantitative estimate of drug-likeness (QED) is 0.449. The number of benzene rings is 3. The summed E-state index contributed by atoms with van der Waals surface area (Å²) >= 11 is 6.11. The number of hydrogen-bond donors (Lipinski definition) is 1. The number of likely N-dealkylation sites (tertiary alicyclic amines) is 1. The summed E-state index contributed by atoms with van der Waals surface area (Å²) in [4.78, 5) is 27.8.